The van der Waals surface area contributed by atoms with Gasteiger partial charge in [0.05, 0.1) is 0 Å². The van der Waals surface area contributed by atoms with E-state index in [-0.39, 0.29) is 0 Å². The molecule has 0 unspecified atom stereocenters. The fourth-order valence-electron chi connectivity index (χ4n) is 6.90. The first-order chi connectivity index (χ1) is 23.8. The third-order valence-electron chi connectivity index (χ3n) is 9.26. The summed E-state index contributed by atoms with van der Waals surface area (Å²) in [4.78, 5) is 2.31. The van der Waals surface area contributed by atoms with Crippen molar-refractivity contribution in [2.75, 3.05) is 4.90 Å². The molecule has 0 fully saturated rings. The molecule has 0 bridgehead atoms. The first-order valence-corrected chi connectivity index (χ1v) is 16.3. The SMILES string of the molecule is c1ccc(-c2ccc(N(c3ccc(-c4ccccc4)cc3)c3ccc4c(c3)oc3c5ccccc5cc(-c5ccccc5)c43)cc2)cc1. The summed E-state index contributed by atoms with van der Waals surface area (Å²) >= 11 is 0. The predicted octanol–water partition coefficient (Wildman–Crippen LogP) is 13.2. The van der Waals surface area contributed by atoms with E-state index in [9.17, 15) is 0 Å². The van der Waals surface area contributed by atoms with Gasteiger partial charge in [-0.1, -0.05) is 140 Å². The molecule has 1 aromatic heterocycles. The maximum atomic E-state index is 6.82. The van der Waals surface area contributed by atoms with Gasteiger partial charge in [-0.15, -0.1) is 0 Å². The van der Waals surface area contributed by atoms with Crippen LogP contribution in [0.25, 0.3) is 66.1 Å². The average Bonchev–Trinajstić information content (AvgIpc) is 3.56. The molecule has 0 N–H and O–H groups in total. The van der Waals surface area contributed by atoms with Gasteiger partial charge in [-0.3, -0.25) is 0 Å². The summed E-state index contributed by atoms with van der Waals surface area (Å²) in [5.74, 6) is 0. The van der Waals surface area contributed by atoms with Crippen LogP contribution in [0, 0.1) is 0 Å². The molecule has 226 valence electrons. The predicted molar refractivity (Wildman–Crippen MR) is 202 cm³/mol. The Bertz CT molecular complexity index is 2430. The molecule has 8 aromatic carbocycles. The number of furan rings is 1. The Labute approximate surface area is 279 Å². The van der Waals surface area contributed by atoms with Crippen molar-refractivity contribution in [3.05, 3.63) is 188 Å². The Morgan fingerprint density at radius 1 is 0.354 bits per heavy atom. The van der Waals surface area contributed by atoms with Crippen LogP contribution >= 0.6 is 0 Å². The topological polar surface area (TPSA) is 16.4 Å². The minimum absolute atomic E-state index is 0.864. The number of anilines is 3. The van der Waals surface area contributed by atoms with Gasteiger partial charge in [0.25, 0.3) is 0 Å². The van der Waals surface area contributed by atoms with Gasteiger partial charge in [0.2, 0.25) is 0 Å². The van der Waals surface area contributed by atoms with Crippen LogP contribution in [0.1, 0.15) is 0 Å². The number of nitrogens with zero attached hydrogens (tertiary/aromatic N) is 1. The lowest BCUT2D eigenvalue weighted by Crippen LogP contribution is -2.09. The molecule has 0 radical (unpaired) electrons. The summed E-state index contributed by atoms with van der Waals surface area (Å²) in [5.41, 5.74) is 12.1. The van der Waals surface area contributed by atoms with Gasteiger partial charge in [0.1, 0.15) is 11.2 Å². The Kier molecular flexibility index (Phi) is 6.84. The van der Waals surface area contributed by atoms with Crippen LogP contribution in [-0.4, -0.2) is 0 Å². The molecular weight excluding hydrogens is 583 g/mol. The van der Waals surface area contributed by atoms with Crippen molar-refractivity contribution in [2.24, 2.45) is 0 Å². The van der Waals surface area contributed by atoms with Crippen molar-refractivity contribution < 1.29 is 4.42 Å². The molecule has 9 aromatic rings. The van der Waals surface area contributed by atoms with E-state index in [2.05, 4.69) is 193 Å². The highest BCUT2D eigenvalue weighted by atomic mass is 16.3. The molecule has 0 spiro atoms. The van der Waals surface area contributed by atoms with Crippen LogP contribution < -0.4 is 4.90 Å². The summed E-state index contributed by atoms with van der Waals surface area (Å²) in [6.07, 6.45) is 0. The largest absolute Gasteiger partial charge is 0.455 e. The van der Waals surface area contributed by atoms with E-state index in [1.54, 1.807) is 0 Å². The van der Waals surface area contributed by atoms with E-state index in [0.29, 0.717) is 0 Å². The standard InChI is InChI=1S/C46H31NO/c1-4-12-32(13-5-1)34-20-24-38(25-21-34)47(39-26-22-35(23-27-39)33-14-6-2-7-15-33)40-28-29-42-44(31-40)48-46-41-19-11-10-18-37(41)30-43(45(42)46)36-16-8-3-9-17-36/h1-31H. The number of rotatable bonds is 6. The Morgan fingerprint density at radius 2 is 0.833 bits per heavy atom. The first-order valence-electron chi connectivity index (χ1n) is 16.3. The third kappa shape index (κ3) is 4.92. The van der Waals surface area contributed by atoms with E-state index < -0.39 is 0 Å². The zero-order valence-corrected chi connectivity index (χ0v) is 26.3. The van der Waals surface area contributed by atoms with Crippen molar-refractivity contribution in [1.29, 1.82) is 0 Å². The number of hydrogen-bond donors (Lipinski definition) is 0. The zero-order valence-electron chi connectivity index (χ0n) is 26.3. The monoisotopic (exact) mass is 613 g/mol. The van der Waals surface area contributed by atoms with E-state index in [0.717, 1.165) is 44.4 Å². The first kappa shape index (κ1) is 27.9. The number of fused-ring (bicyclic) bond motifs is 5. The highest BCUT2D eigenvalue weighted by molar-refractivity contribution is 6.21. The lowest BCUT2D eigenvalue weighted by Gasteiger charge is -2.26. The molecular formula is C46H31NO. The molecule has 0 atom stereocenters. The Morgan fingerprint density at radius 3 is 1.42 bits per heavy atom. The molecule has 1 heterocycles. The summed E-state index contributed by atoms with van der Waals surface area (Å²) in [5, 5.41) is 4.54. The molecule has 48 heavy (non-hydrogen) atoms. The van der Waals surface area contributed by atoms with Crippen molar-refractivity contribution in [3.63, 3.8) is 0 Å². The van der Waals surface area contributed by atoms with Gasteiger partial charge in [-0.25, -0.2) is 0 Å². The second kappa shape index (κ2) is 11.8. The van der Waals surface area contributed by atoms with Crippen molar-refractivity contribution in [3.8, 4) is 33.4 Å². The van der Waals surface area contributed by atoms with Crippen LogP contribution in [0.2, 0.25) is 0 Å². The van der Waals surface area contributed by atoms with Crippen LogP contribution in [0.5, 0.6) is 0 Å². The van der Waals surface area contributed by atoms with E-state index in [1.807, 2.05) is 0 Å². The summed E-state index contributed by atoms with van der Waals surface area (Å²) in [6.45, 7) is 0. The van der Waals surface area contributed by atoms with Gasteiger partial charge in [-0.2, -0.15) is 0 Å². The minimum Gasteiger partial charge on any atom is -0.455 e. The van der Waals surface area contributed by atoms with Crippen molar-refractivity contribution in [2.45, 2.75) is 0 Å². The zero-order chi connectivity index (χ0) is 31.9. The van der Waals surface area contributed by atoms with E-state index >= 15 is 0 Å². The molecule has 0 saturated heterocycles. The smallest absolute Gasteiger partial charge is 0.143 e. The minimum atomic E-state index is 0.864. The maximum Gasteiger partial charge on any atom is 0.143 e. The molecule has 0 amide bonds. The van der Waals surface area contributed by atoms with Gasteiger partial charge in [0, 0.05) is 39.3 Å². The second-order valence-electron chi connectivity index (χ2n) is 12.2. The maximum absolute atomic E-state index is 6.82. The Hall–Kier alpha value is -6.38. The lowest BCUT2D eigenvalue weighted by atomic mass is 9.95. The van der Waals surface area contributed by atoms with Crippen molar-refractivity contribution >= 4 is 49.8 Å². The van der Waals surface area contributed by atoms with Crippen LogP contribution in [0.15, 0.2) is 192 Å². The van der Waals surface area contributed by atoms with Crippen LogP contribution in [-0.2, 0) is 0 Å². The normalized spacial score (nSPS) is 11.3. The molecule has 0 aliphatic heterocycles. The van der Waals surface area contributed by atoms with Gasteiger partial charge >= 0.3 is 0 Å². The van der Waals surface area contributed by atoms with E-state index in [1.165, 1.54) is 38.8 Å². The Balaban J connectivity index is 1.22. The fourth-order valence-corrected chi connectivity index (χ4v) is 6.90. The molecule has 0 saturated carbocycles. The van der Waals surface area contributed by atoms with E-state index in [4.69, 9.17) is 4.42 Å². The second-order valence-corrected chi connectivity index (χ2v) is 12.2. The summed E-state index contributed by atoms with van der Waals surface area (Å²) in [6, 6.07) is 66.7. The summed E-state index contributed by atoms with van der Waals surface area (Å²) < 4.78 is 6.82. The van der Waals surface area contributed by atoms with Crippen LogP contribution in [0.4, 0.5) is 17.1 Å². The van der Waals surface area contributed by atoms with Gasteiger partial charge < -0.3 is 9.32 Å². The van der Waals surface area contributed by atoms with Crippen molar-refractivity contribution in [1.82, 2.24) is 0 Å². The molecule has 2 heteroatoms. The highest BCUT2D eigenvalue weighted by Crippen LogP contribution is 2.44. The quantitative estimate of drug-likeness (QED) is 0.185. The summed E-state index contributed by atoms with van der Waals surface area (Å²) in [7, 11) is 0. The third-order valence-corrected chi connectivity index (χ3v) is 9.26. The fraction of sp³-hybridized carbons (Fsp3) is 0. The van der Waals surface area contributed by atoms with Crippen LogP contribution in [0.3, 0.4) is 0 Å². The molecule has 2 nitrogen and oxygen atoms in total. The molecule has 9 rings (SSSR count). The lowest BCUT2D eigenvalue weighted by molar-refractivity contribution is 0.673. The van der Waals surface area contributed by atoms with Gasteiger partial charge in [0.15, 0.2) is 0 Å². The highest BCUT2D eigenvalue weighted by Gasteiger charge is 2.19. The average molecular weight is 614 g/mol. The van der Waals surface area contributed by atoms with Gasteiger partial charge in [-0.05, 0) is 81.2 Å². The molecule has 0 aliphatic rings. The number of benzene rings is 8. The number of hydrogen-bond acceptors (Lipinski definition) is 2. The molecule has 0 aliphatic carbocycles.